The number of nitrogens with two attached hydrogens (primary N) is 1. The number of halogens is 3. The third kappa shape index (κ3) is 10.1. The maximum Gasteiger partial charge on any atom is 0.416 e. The van der Waals surface area contributed by atoms with Gasteiger partial charge in [0.15, 0.2) is 5.78 Å². The number of urea groups is 1. The summed E-state index contributed by atoms with van der Waals surface area (Å²) in [6.45, 7) is 15.1. The van der Waals surface area contributed by atoms with Gasteiger partial charge in [0.25, 0.3) is 0 Å². The molecule has 0 radical (unpaired) electrons. The van der Waals surface area contributed by atoms with Crippen LogP contribution in [0, 0.1) is 5.92 Å². The van der Waals surface area contributed by atoms with Gasteiger partial charge in [0.05, 0.1) is 5.56 Å². The van der Waals surface area contributed by atoms with Crippen LogP contribution in [0.15, 0.2) is 48.5 Å². The van der Waals surface area contributed by atoms with Crippen LogP contribution in [0.25, 0.3) is 11.1 Å². The Labute approximate surface area is 226 Å². The molecule has 2 aliphatic rings. The molecule has 2 amide bonds. The number of piperidine rings is 1. The summed E-state index contributed by atoms with van der Waals surface area (Å²) in [5, 5.41) is 0. The van der Waals surface area contributed by atoms with E-state index in [4.69, 9.17) is 5.73 Å². The molecular weight excluding hydrogens is 491 g/mol. The van der Waals surface area contributed by atoms with Gasteiger partial charge in [0.1, 0.15) is 0 Å². The Kier molecular flexibility index (Phi) is 14.1. The number of Topliss-reactive ketones (excluding diaryl/α,β-unsaturated/α-hetero) is 1. The number of likely N-dealkylation sites (tertiary alicyclic amines) is 2. The lowest BCUT2D eigenvalue weighted by molar-refractivity contribution is -0.137. The van der Waals surface area contributed by atoms with Crippen molar-refractivity contribution in [2.45, 2.75) is 73.0 Å². The average Bonchev–Trinajstić information content (AvgIpc) is 3.37. The summed E-state index contributed by atoms with van der Waals surface area (Å²) in [7, 11) is 0. The second-order valence-corrected chi connectivity index (χ2v) is 9.16. The van der Waals surface area contributed by atoms with E-state index >= 15 is 0 Å². The number of nitrogens with zero attached hydrogens (tertiary/aromatic N) is 2. The second-order valence-electron chi connectivity index (χ2n) is 9.16. The lowest BCUT2D eigenvalue weighted by atomic mass is 10.00. The quantitative estimate of drug-likeness (QED) is 0.405. The number of hydrogen-bond acceptors (Lipinski definition) is 3. The van der Waals surface area contributed by atoms with E-state index < -0.39 is 11.7 Å². The fourth-order valence-electron chi connectivity index (χ4n) is 4.11. The molecule has 38 heavy (non-hydrogen) atoms. The minimum atomic E-state index is -4.32. The highest BCUT2D eigenvalue weighted by atomic mass is 19.4. The van der Waals surface area contributed by atoms with Crippen LogP contribution < -0.4 is 5.73 Å². The molecule has 2 aromatic carbocycles. The van der Waals surface area contributed by atoms with Crippen LogP contribution in [0.1, 0.15) is 76.7 Å². The number of benzene rings is 2. The molecule has 0 saturated carbocycles. The van der Waals surface area contributed by atoms with E-state index in [1.54, 1.807) is 24.3 Å². The van der Waals surface area contributed by atoms with E-state index in [0.717, 1.165) is 69.1 Å². The van der Waals surface area contributed by atoms with E-state index in [1.165, 1.54) is 19.1 Å². The highest BCUT2D eigenvalue weighted by Gasteiger charge is 2.30. The van der Waals surface area contributed by atoms with Crippen molar-refractivity contribution in [2.75, 3.05) is 26.2 Å². The molecule has 4 rings (SSSR count). The van der Waals surface area contributed by atoms with Crippen molar-refractivity contribution in [3.63, 3.8) is 0 Å². The molecular formula is C30H44F3N3O2. The zero-order chi connectivity index (χ0) is 28.9. The lowest BCUT2D eigenvalue weighted by Crippen LogP contribution is -2.46. The first-order chi connectivity index (χ1) is 18.0. The molecule has 0 bridgehead atoms. The first-order valence-electron chi connectivity index (χ1n) is 13.6. The topological polar surface area (TPSA) is 66.6 Å². The minimum absolute atomic E-state index is 0.0426. The molecule has 2 saturated heterocycles. The van der Waals surface area contributed by atoms with E-state index in [0.29, 0.717) is 11.1 Å². The van der Waals surface area contributed by atoms with Gasteiger partial charge < -0.3 is 15.5 Å². The van der Waals surface area contributed by atoms with Crippen molar-refractivity contribution in [1.29, 1.82) is 0 Å². The van der Waals surface area contributed by atoms with Gasteiger partial charge in [-0.15, -0.1) is 0 Å². The predicted molar refractivity (Wildman–Crippen MR) is 149 cm³/mol. The maximum absolute atomic E-state index is 12.4. The van der Waals surface area contributed by atoms with Gasteiger partial charge in [0.2, 0.25) is 0 Å². The first kappa shape index (κ1) is 33.2. The number of hydrogen-bond donors (Lipinski definition) is 1. The fourth-order valence-corrected chi connectivity index (χ4v) is 4.11. The summed E-state index contributed by atoms with van der Waals surface area (Å²) in [6, 6.07) is 12.1. The molecule has 2 aromatic rings. The van der Waals surface area contributed by atoms with Crippen LogP contribution >= 0.6 is 0 Å². The summed E-state index contributed by atoms with van der Waals surface area (Å²) in [5.41, 5.74) is 7.17. The number of carbonyl (C=O) groups is 2. The largest absolute Gasteiger partial charge is 0.416 e. The summed E-state index contributed by atoms with van der Waals surface area (Å²) >= 11 is 0. The Hall–Kier alpha value is -2.87. The molecule has 0 aliphatic carbocycles. The van der Waals surface area contributed by atoms with Crippen LogP contribution in [0.4, 0.5) is 18.0 Å². The minimum Gasteiger partial charge on any atom is -0.326 e. The van der Waals surface area contributed by atoms with E-state index in [-0.39, 0.29) is 17.9 Å². The smallest absolute Gasteiger partial charge is 0.326 e. The van der Waals surface area contributed by atoms with E-state index in [2.05, 4.69) is 6.92 Å². The van der Waals surface area contributed by atoms with Crippen molar-refractivity contribution < 1.29 is 22.8 Å². The van der Waals surface area contributed by atoms with Gasteiger partial charge in [0, 0.05) is 37.8 Å². The SMILES string of the molecule is CC.CC.CC(=O)c1ccc(-c2ccc(C(F)(F)F)cc2)cc1.CC1CCN(C(=O)N2CCC(N)C2)CC1. The highest BCUT2D eigenvalue weighted by Crippen LogP contribution is 2.31. The van der Waals surface area contributed by atoms with E-state index in [1.807, 2.05) is 37.5 Å². The Balaban J connectivity index is 0.000000343. The Morgan fingerprint density at radius 3 is 1.63 bits per heavy atom. The number of ketones is 1. The zero-order valence-corrected chi connectivity index (χ0v) is 23.6. The molecule has 212 valence electrons. The molecule has 2 fully saturated rings. The third-order valence-corrected chi connectivity index (χ3v) is 6.39. The number of rotatable bonds is 2. The summed E-state index contributed by atoms with van der Waals surface area (Å²) in [6.07, 6.45) is -1.08. The van der Waals surface area contributed by atoms with Crippen molar-refractivity contribution in [3.8, 4) is 11.1 Å². The van der Waals surface area contributed by atoms with Crippen molar-refractivity contribution in [1.82, 2.24) is 9.80 Å². The fraction of sp³-hybridized carbons (Fsp3) is 0.533. The van der Waals surface area contributed by atoms with Gasteiger partial charge in [-0.2, -0.15) is 13.2 Å². The standard InChI is InChI=1S/C15H11F3O.C11H21N3O.2C2H6/c1-10(19)11-2-4-12(5-3-11)13-6-8-14(9-7-13)15(16,17)18;1-9-2-5-13(6-3-9)11(15)14-7-4-10(12)8-14;2*1-2/h2-9H,1H3;9-10H,2-8,12H2,1H3;2*1-2H3. The Morgan fingerprint density at radius 1 is 0.789 bits per heavy atom. The van der Waals surface area contributed by atoms with Gasteiger partial charge >= 0.3 is 12.2 Å². The van der Waals surface area contributed by atoms with E-state index in [9.17, 15) is 22.8 Å². The summed E-state index contributed by atoms with van der Waals surface area (Å²) < 4.78 is 37.3. The van der Waals surface area contributed by atoms with Gasteiger partial charge in [-0.3, -0.25) is 4.79 Å². The number of amides is 2. The highest BCUT2D eigenvalue weighted by molar-refractivity contribution is 5.94. The molecule has 1 unspecified atom stereocenters. The molecule has 5 nitrogen and oxygen atoms in total. The summed E-state index contributed by atoms with van der Waals surface area (Å²) in [5.74, 6) is 0.730. The normalized spacial score (nSPS) is 17.3. The number of alkyl halides is 3. The summed E-state index contributed by atoms with van der Waals surface area (Å²) in [4.78, 5) is 27.1. The molecule has 8 heteroatoms. The Morgan fingerprint density at radius 2 is 1.24 bits per heavy atom. The van der Waals surface area contributed by atoms with Gasteiger partial charge in [-0.25, -0.2) is 4.79 Å². The molecule has 2 heterocycles. The van der Waals surface area contributed by atoms with Crippen LogP contribution in [0.2, 0.25) is 0 Å². The lowest BCUT2D eigenvalue weighted by Gasteiger charge is -2.33. The van der Waals surface area contributed by atoms with Crippen LogP contribution in [0.5, 0.6) is 0 Å². The molecule has 2 aliphatic heterocycles. The molecule has 1 atom stereocenters. The molecule has 2 N–H and O–H groups in total. The van der Waals surface area contributed by atoms with Crippen LogP contribution in [-0.4, -0.2) is 53.8 Å². The van der Waals surface area contributed by atoms with Gasteiger partial charge in [-0.05, 0) is 55.4 Å². The van der Waals surface area contributed by atoms with Gasteiger partial charge in [-0.1, -0.05) is 71.0 Å². The second kappa shape index (κ2) is 16.2. The monoisotopic (exact) mass is 535 g/mol. The van der Waals surface area contributed by atoms with Crippen LogP contribution in [-0.2, 0) is 6.18 Å². The number of carbonyl (C=O) groups excluding carboxylic acids is 2. The maximum atomic E-state index is 12.4. The Bertz CT molecular complexity index is 968. The van der Waals surface area contributed by atoms with Crippen LogP contribution in [0.3, 0.4) is 0 Å². The predicted octanol–water partition coefficient (Wildman–Crippen LogP) is 7.50. The van der Waals surface area contributed by atoms with Crippen molar-refractivity contribution in [3.05, 3.63) is 59.7 Å². The average molecular weight is 536 g/mol. The van der Waals surface area contributed by atoms with Crippen molar-refractivity contribution >= 4 is 11.8 Å². The third-order valence-electron chi connectivity index (χ3n) is 6.39. The van der Waals surface area contributed by atoms with Crippen molar-refractivity contribution in [2.24, 2.45) is 11.7 Å². The molecule has 0 spiro atoms. The molecule has 0 aromatic heterocycles. The first-order valence-corrected chi connectivity index (χ1v) is 13.6. The zero-order valence-electron chi connectivity index (χ0n) is 23.6.